The summed E-state index contributed by atoms with van der Waals surface area (Å²) in [6, 6.07) is 0. The minimum Gasteiger partial charge on any atom is -0.529 e. The Hall–Kier alpha value is -0.313. The number of hydrogen-bond donors (Lipinski definition) is 0. The van der Waals surface area contributed by atoms with E-state index in [1.54, 1.807) is 0 Å². The second-order valence-corrected chi connectivity index (χ2v) is 9.49. The second-order valence-electron chi connectivity index (χ2n) is 9.09. The van der Waals surface area contributed by atoms with Crippen LogP contribution >= 0.6 is 0 Å². The van der Waals surface area contributed by atoms with Crippen molar-refractivity contribution in [3.8, 4) is 0 Å². The first-order valence-corrected chi connectivity index (χ1v) is 8.59. The number of hydrogen-bond acceptors (Lipinski definition) is 2. The molecule has 120 valence electrons. The lowest BCUT2D eigenvalue weighted by Gasteiger charge is -2.61. The first kappa shape index (κ1) is 19.7. The van der Waals surface area contributed by atoms with E-state index in [0.717, 1.165) is 12.8 Å². The Balaban J connectivity index is 5.52. The fourth-order valence-corrected chi connectivity index (χ4v) is 5.30. The lowest BCUT2D eigenvalue weighted by molar-refractivity contribution is -0.140. The van der Waals surface area contributed by atoms with Gasteiger partial charge in [-0.15, -0.1) is 0 Å². The van der Waals surface area contributed by atoms with E-state index in [1.807, 2.05) is 0 Å². The smallest absolute Gasteiger partial charge is 0.291 e. The van der Waals surface area contributed by atoms with Crippen molar-refractivity contribution in [2.75, 3.05) is 0 Å². The van der Waals surface area contributed by atoms with Crippen molar-refractivity contribution < 1.29 is 9.22 Å². The molecule has 0 heterocycles. The van der Waals surface area contributed by atoms with Gasteiger partial charge in [0.05, 0.1) is 0 Å². The van der Waals surface area contributed by atoms with Crippen LogP contribution in [-0.4, -0.2) is 16.5 Å². The summed E-state index contributed by atoms with van der Waals surface area (Å²) in [5.41, 5.74) is 0.676. The molecule has 20 heavy (non-hydrogen) atoms. The van der Waals surface area contributed by atoms with Crippen LogP contribution in [0.5, 0.6) is 0 Å². The molecule has 0 amide bonds. The molecule has 0 aliphatic carbocycles. The molecule has 3 heteroatoms. The molecule has 0 bridgehead atoms. The second kappa shape index (κ2) is 6.21. The molecule has 2 nitrogen and oxygen atoms in total. The van der Waals surface area contributed by atoms with Crippen LogP contribution < -0.4 is 0 Å². The normalized spacial score (nSPS) is 14.4. The Labute approximate surface area is 129 Å². The Kier molecular flexibility index (Phi) is 6.11. The van der Waals surface area contributed by atoms with Gasteiger partial charge in [-0.2, -0.15) is 0 Å². The van der Waals surface area contributed by atoms with Crippen molar-refractivity contribution in [1.82, 2.24) is 0 Å². The fourth-order valence-electron chi connectivity index (χ4n) is 5.10. The Morgan fingerprint density at radius 2 is 1.20 bits per heavy atom. The highest BCUT2D eigenvalue weighted by molar-refractivity contribution is 6.05. The van der Waals surface area contributed by atoms with Gasteiger partial charge >= 0.3 is 0 Å². The molecule has 0 aromatic heterocycles. The summed E-state index contributed by atoms with van der Waals surface area (Å²) in [5, 5.41) is 0. The predicted octanol–water partition coefficient (Wildman–Crippen LogP) is 4.11. The van der Waals surface area contributed by atoms with E-state index in [2.05, 4.69) is 62.3 Å². The van der Waals surface area contributed by atoms with Crippen LogP contribution in [-0.2, 0) is 9.22 Å². The van der Waals surface area contributed by atoms with Gasteiger partial charge in [0.2, 0.25) is 10.5 Å². The van der Waals surface area contributed by atoms with E-state index in [1.165, 1.54) is 0 Å². The predicted molar refractivity (Wildman–Crippen MR) is 90.7 cm³/mol. The van der Waals surface area contributed by atoms with E-state index >= 15 is 0 Å². The highest BCUT2D eigenvalue weighted by atomic mass is 28.2. The summed E-state index contributed by atoms with van der Waals surface area (Å²) in [6.07, 6.45) is 2.51. The number of rotatable bonds is 4. The number of carbonyl (C=O) groups is 1. The fraction of sp³-hybridized carbons (Fsp3) is 0.941. The van der Waals surface area contributed by atoms with Crippen LogP contribution in [0, 0.1) is 21.7 Å². The van der Waals surface area contributed by atoms with Crippen LogP contribution in [0.3, 0.4) is 0 Å². The van der Waals surface area contributed by atoms with Crippen molar-refractivity contribution in [1.29, 1.82) is 0 Å². The van der Waals surface area contributed by atoms with Crippen LogP contribution in [0.25, 0.3) is 0 Å². The van der Waals surface area contributed by atoms with Gasteiger partial charge in [-0.05, 0) is 34.5 Å². The average Bonchev–Trinajstić information content (AvgIpc) is 2.17. The van der Waals surface area contributed by atoms with Gasteiger partial charge < -0.3 is 4.43 Å². The molecule has 0 saturated carbocycles. The van der Waals surface area contributed by atoms with Gasteiger partial charge in [0.15, 0.2) is 0 Å². The first-order valence-electron chi connectivity index (χ1n) is 7.77. The molecule has 0 rings (SSSR count). The lowest BCUT2D eigenvalue weighted by atomic mass is 9.43. The van der Waals surface area contributed by atoms with E-state index < -0.39 is 0 Å². The van der Waals surface area contributed by atoms with Gasteiger partial charge in [-0.1, -0.05) is 62.3 Å². The van der Waals surface area contributed by atoms with E-state index in [-0.39, 0.29) is 27.6 Å². The largest absolute Gasteiger partial charge is 0.529 e. The van der Waals surface area contributed by atoms with Crippen LogP contribution in [0.4, 0.5) is 0 Å². The van der Waals surface area contributed by atoms with Crippen molar-refractivity contribution >= 4 is 16.5 Å². The third-order valence-corrected chi connectivity index (χ3v) is 5.46. The monoisotopic (exact) mass is 300 g/mol. The highest BCUT2D eigenvalue weighted by Gasteiger charge is 2.56. The third kappa shape index (κ3) is 3.87. The topological polar surface area (TPSA) is 26.3 Å². The standard InChI is InChI=1S/C17H36O2Si/c1-14(2,3)17(15(4,5)6,16(7,8)9)12-10-11-13(18)19-20/h10-12H2,1-9,20H3. The molecule has 0 aliphatic rings. The molecule has 0 N–H and O–H groups in total. The van der Waals surface area contributed by atoms with E-state index in [9.17, 15) is 4.79 Å². The van der Waals surface area contributed by atoms with Gasteiger partial charge in [0.25, 0.3) is 5.97 Å². The summed E-state index contributed by atoms with van der Waals surface area (Å²) in [6.45, 7) is 21.1. The van der Waals surface area contributed by atoms with Gasteiger partial charge in [-0.25, -0.2) is 0 Å². The van der Waals surface area contributed by atoms with Crippen LogP contribution in [0.1, 0.15) is 81.6 Å². The summed E-state index contributed by atoms with van der Waals surface area (Å²) in [7, 11) is 0.503. The summed E-state index contributed by atoms with van der Waals surface area (Å²) in [4.78, 5) is 11.5. The molecule has 0 spiro atoms. The van der Waals surface area contributed by atoms with Crippen molar-refractivity contribution in [3.63, 3.8) is 0 Å². The Morgan fingerprint density at radius 3 is 1.45 bits per heavy atom. The van der Waals surface area contributed by atoms with Crippen LogP contribution in [0.15, 0.2) is 0 Å². The maximum Gasteiger partial charge on any atom is 0.291 e. The van der Waals surface area contributed by atoms with Gasteiger partial charge in [-0.3, -0.25) is 4.79 Å². The molecule has 0 fully saturated rings. The third-order valence-electron chi connectivity index (χ3n) is 5.00. The molecule has 0 unspecified atom stereocenters. The zero-order valence-electron chi connectivity index (χ0n) is 15.4. The summed E-state index contributed by atoms with van der Waals surface area (Å²) in [5.74, 6) is -0.0395. The van der Waals surface area contributed by atoms with Crippen LogP contribution in [0.2, 0.25) is 0 Å². The Bertz CT molecular complexity index is 290. The molecular formula is C17H36O2Si. The highest BCUT2D eigenvalue weighted by Crippen LogP contribution is 2.63. The van der Waals surface area contributed by atoms with E-state index in [4.69, 9.17) is 4.43 Å². The average molecular weight is 301 g/mol. The molecular weight excluding hydrogens is 264 g/mol. The molecule has 0 saturated heterocycles. The van der Waals surface area contributed by atoms with Gasteiger partial charge in [0.1, 0.15) is 0 Å². The molecule has 0 atom stereocenters. The number of carbonyl (C=O) groups excluding carboxylic acids is 1. The SMILES string of the molecule is CC(C)(C)C(CCCC(=O)O[SiH3])(C(C)(C)C)C(C)(C)C. The zero-order chi connectivity index (χ0) is 16.4. The minimum absolute atomic E-state index is 0.0395. The maximum absolute atomic E-state index is 11.5. The summed E-state index contributed by atoms with van der Waals surface area (Å²) >= 11 is 0. The van der Waals surface area contributed by atoms with E-state index in [0.29, 0.717) is 16.9 Å². The van der Waals surface area contributed by atoms with Crippen molar-refractivity contribution in [2.45, 2.75) is 81.6 Å². The first-order chi connectivity index (χ1) is 8.70. The Morgan fingerprint density at radius 1 is 0.850 bits per heavy atom. The maximum atomic E-state index is 11.5. The lowest BCUT2D eigenvalue weighted by Crippen LogP contribution is -2.54. The molecule has 0 radical (unpaired) electrons. The molecule has 0 aliphatic heterocycles. The summed E-state index contributed by atoms with van der Waals surface area (Å²) < 4.78 is 4.92. The zero-order valence-corrected chi connectivity index (χ0v) is 17.4. The van der Waals surface area contributed by atoms with Gasteiger partial charge in [0, 0.05) is 6.42 Å². The van der Waals surface area contributed by atoms with Crippen molar-refractivity contribution in [2.24, 2.45) is 21.7 Å². The quantitative estimate of drug-likeness (QED) is 0.731. The minimum atomic E-state index is -0.0395. The van der Waals surface area contributed by atoms with Crippen molar-refractivity contribution in [3.05, 3.63) is 0 Å². The molecule has 0 aromatic carbocycles. The molecule has 0 aromatic rings.